The van der Waals surface area contributed by atoms with Crippen LogP contribution in [0, 0.1) is 0 Å². The zero-order chi connectivity index (χ0) is 11.8. The van der Waals surface area contributed by atoms with Crippen LogP contribution in [-0.4, -0.2) is 22.3 Å². The van der Waals surface area contributed by atoms with Crippen molar-refractivity contribution in [3.63, 3.8) is 0 Å². The Balaban J connectivity index is 2.33. The third-order valence-corrected chi connectivity index (χ3v) is 3.67. The van der Waals surface area contributed by atoms with E-state index in [2.05, 4.69) is 15.9 Å². The van der Waals surface area contributed by atoms with E-state index in [4.69, 9.17) is 4.42 Å². The van der Waals surface area contributed by atoms with Crippen molar-refractivity contribution in [1.29, 1.82) is 0 Å². The van der Waals surface area contributed by atoms with Gasteiger partial charge in [-0.1, -0.05) is 0 Å². The molecule has 0 amide bonds. The molecule has 2 rings (SSSR count). The van der Waals surface area contributed by atoms with E-state index in [0.717, 1.165) is 4.47 Å². The van der Waals surface area contributed by atoms with Crippen LogP contribution in [0.4, 0.5) is 0 Å². The molecule has 0 unspecified atom stereocenters. The maximum absolute atomic E-state index is 11.4. The van der Waals surface area contributed by atoms with Crippen molar-refractivity contribution < 1.29 is 19.4 Å². The van der Waals surface area contributed by atoms with Gasteiger partial charge < -0.3 is 14.6 Å². The number of aliphatic carboxylic acids is 1. The van der Waals surface area contributed by atoms with E-state index in [0.29, 0.717) is 31.4 Å². The molecule has 1 aliphatic rings. The molecule has 4 nitrogen and oxygen atoms in total. The lowest BCUT2D eigenvalue weighted by molar-refractivity contribution is -0.147. The maximum atomic E-state index is 11.4. The lowest BCUT2D eigenvalue weighted by atomic mass is 9.71. The van der Waals surface area contributed by atoms with Crippen LogP contribution < -0.4 is 0 Å². The van der Waals surface area contributed by atoms with Crippen LogP contribution in [0.1, 0.15) is 31.4 Å². The summed E-state index contributed by atoms with van der Waals surface area (Å²) in [6.07, 6.45) is 2.96. The Hall–Kier alpha value is -0.810. The van der Waals surface area contributed by atoms with Gasteiger partial charge in [-0.2, -0.15) is 0 Å². The molecule has 1 aliphatic carbocycles. The highest BCUT2D eigenvalue weighted by molar-refractivity contribution is 9.10. The first kappa shape index (κ1) is 11.7. The number of halogens is 1. The van der Waals surface area contributed by atoms with Crippen LogP contribution in [0.15, 0.2) is 21.2 Å². The van der Waals surface area contributed by atoms with Gasteiger partial charge >= 0.3 is 5.97 Å². The third kappa shape index (κ3) is 1.89. The minimum Gasteiger partial charge on any atom is -0.480 e. The SMILES string of the molecule is O=C(O)C1(c2cc(Br)co2)CCC(O)CC1. The van der Waals surface area contributed by atoms with Crippen LogP contribution in [0.3, 0.4) is 0 Å². The van der Waals surface area contributed by atoms with Crippen molar-refractivity contribution in [3.05, 3.63) is 22.6 Å². The minimum absolute atomic E-state index is 0.383. The molecule has 1 aromatic rings. The summed E-state index contributed by atoms with van der Waals surface area (Å²) in [5.74, 6) is -0.403. The molecule has 2 N–H and O–H groups in total. The van der Waals surface area contributed by atoms with Gasteiger partial charge in [-0.3, -0.25) is 4.79 Å². The molecular formula is C11H13BrO4. The number of aliphatic hydroxyl groups excluding tert-OH is 1. The lowest BCUT2D eigenvalue weighted by Gasteiger charge is -2.33. The van der Waals surface area contributed by atoms with Crippen molar-refractivity contribution in [2.75, 3.05) is 0 Å². The number of hydrogen-bond donors (Lipinski definition) is 2. The molecule has 1 heterocycles. The summed E-state index contributed by atoms with van der Waals surface area (Å²) in [7, 11) is 0. The van der Waals surface area contributed by atoms with Gasteiger partial charge in [-0.05, 0) is 47.7 Å². The molecule has 0 spiro atoms. The number of rotatable bonds is 2. The second kappa shape index (κ2) is 4.22. The van der Waals surface area contributed by atoms with Gasteiger partial charge in [0.05, 0.1) is 10.6 Å². The second-order valence-electron chi connectivity index (χ2n) is 4.25. The van der Waals surface area contributed by atoms with Crippen LogP contribution in [0.5, 0.6) is 0 Å². The van der Waals surface area contributed by atoms with Gasteiger partial charge in [0.25, 0.3) is 0 Å². The first-order valence-electron chi connectivity index (χ1n) is 5.20. The van der Waals surface area contributed by atoms with Crippen molar-refractivity contribution in [1.82, 2.24) is 0 Å². The topological polar surface area (TPSA) is 70.7 Å². The molecule has 0 atom stereocenters. The number of furan rings is 1. The number of carbonyl (C=O) groups is 1. The van der Waals surface area contributed by atoms with Crippen molar-refractivity contribution >= 4 is 21.9 Å². The first-order chi connectivity index (χ1) is 7.54. The summed E-state index contributed by atoms with van der Waals surface area (Å²) in [4.78, 5) is 11.4. The number of hydrogen-bond acceptors (Lipinski definition) is 3. The van der Waals surface area contributed by atoms with Gasteiger partial charge in [-0.15, -0.1) is 0 Å². The van der Waals surface area contributed by atoms with E-state index in [1.165, 1.54) is 6.26 Å². The van der Waals surface area contributed by atoms with E-state index in [1.807, 2.05) is 0 Å². The fourth-order valence-electron chi connectivity index (χ4n) is 2.23. The summed E-state index contributed by atoms with van der Waals surface area (Å²) >= 11 is 3.25. The molecule has 1 aromatic heterocycles. The Morgan fingerprint density at radius 2 is 2.12 bits per heavy atom. The van der Waals surface area contributed by atoms with E-state index < -0.39 is 11.4 Å². The predicted octanol–water partition coefficient (Wildman–Crippen LogP) is 2.30. The molecule has 0 radical (unpaired) electrons. The molecule has 0 saturated heterocycles. The average Bonchev–Trinajstić information content (AvgIpc) is 2.66. The quantitative estimate of drug-likeness (QED) is 0.876. The van der Waals surface area contributed by atoms with E-state index in [1.54, 1.807) is 6.07 Å². The smallest absolute Gasteiger partial charge is 0.317 e. The van der Waals surface area contributed by atoms with Crippen molar-refractivity contribution in [2.24, 2.45) is 0 Å². The molecule has 1 fully saturated rings. The van der Waals surface area contributed by atoms with E-state index in [-0.39, 0.29) is 6.10 Å². The monoisotopic (exact) mass is 288 g/mol. The van der Waals surface area contributed by atoms with Crippen LogP contribution >= 0.6 is 15.9 Å². The highest BCUT2D eigenvalue weighted by Gasteiger charge is 2.45. The Morgan fingerprint density at radius 3 is 2.56 bits per heavy atom. The average molecular weight is 289 g/mol. The molecule has 0 aliphatic heterocycles. The fourth-order valence-corrected chi connectivity index (χ4v) is 2.53. The Labute approximate surface area is 101 Å². The lowest BCUT2D eigenvalue weighted by Crippen LogP contribution is -2.40. The Morgan fingerprint density at radius 1 is 1.50 bits per heavy atom. The van der Waals surface area contributed by atoms with Crippen LogP contribution in [0.25, 0.3) is 0 Å². The molecule has 1 saturated carbocycles. The van der Waals surface area contributed by atoms with Gasteiger partial charge in [0.2, 0.25) is 0 Å². The number of carboxylic acid groups (broad SMARTS) is 1. The number of carboxylic acids is 1. The summed E-state index contributed by atoms with van der Waals surface area (Å²) in [5.41, 5.74) is -0.967. The maximum Gasteiger partial charge on any atom is 0.317 e. The molecule has 0 aromatic carbocycles. The standard InChI is InChI=1S/C11H13BrO4/c12-7-5-9(16-6-7)11(10(14)15)3-1-8(13)2-4-11/h5-6,8,13H,1-4H2,(H,14,15). The van der Waals surface area contributed by atoms with Gasteiger partial charge in [0.15, 0.2) is 0 Å². The van der Waals surface area contributed by atoms with E-state index >= 15 is 0 Å². The largest absolute Gasteiger partial charge is 0.480 e. The predicted molar refractivity (Wildman–Crippen MR) is 60.2 cm³/mol. The van der Waals surface area contributed by atoms with Crippen LogP contribution in [0.2, 0.25) is 0 Å². The van der Waals surface area contributed by atoms with Crippen molar-refractivity contribution in [3.8, 4) is 0 Å². The summed E-state index contributed by atoms with van der Waals surface area (Å²) in [6, 6.07) is 1.70. The molecule has 16 heavy (non-hydrogen) atoms. The Bertz CT molecular complexity index is 390. The summed E-state index contributed by atoms with van der Waals surface area (Å²) in [6.45, 7) is 0. The van der Waals surface area contributed by atoms with Gasteiger partial charge in [0, 0.05) is 0 Å². The van der Waals surface area contributed by atoms with Crippen molar-refractivity contribution in [2.45, 2.75) is 37.2 Å². The zero-order valence-electron chi connectivity index (χ0n) is 8.65. The zero-order valence-corrected chi connectivity index (χ0v) is 10.2. The molecule has 5 heteroatoms. The Kier molecular flexibility index (Phi) is 3.08. The van der Waals surface area contributed by atoms with Gasteiger partial charge in [-0.25, -0.2) is 0 Å². The van der Waals surface area contributed by atoms with Gasteiger partial charge in [0.1, 0.15) is 17.4 Å². The summed E-state index contributed by atoms with van der Waals surface area (Å²) < 4.78 is 6.04. The third-order valence-electron chi connectivity index (χ3n) is 3.26. The molecule has 0 bridgehead atoms. The number of aliphatic hydroxyl groups is 1. The fraction of sp³-hybridized carbons (Fsp3) is 0.545. The summed E-state index contributed by atoms with van der Waals surface area (Å²) in [5, 5.41) is 18.8. The van der Waals surface area contributed by atoms with Crippen LogP contribution in [-0.2, 0) is 10.2 Å². The van der Waals surface area contributed by atoms with E-state index in [9.17, 15) is 15.0 Å². The minimum atomic E-state index is -0.967. The highest BCUT2D eigenvalue weighted by Crippen LogP contribution is 2.41. The second-order valence-corrected chi connectivity index (χ2v) is 5.16. The highest BCUT2D eigenvalue weighted by atomic mass is 79.9. The molecular weight excluding hydrogens is 276 g/mol. The first-order valence-corrected chi connectivity index (χ1v) is 6.00. The normalized spacial score (nSPS) is 30.2. The molecule has 88 valence electrons.